The largest absolute Gasteiger partial charge is 0.465 e. The van der Waals surface area contributed by atoms with E-state index in [1.165, 1.54) is 23.5 Å². The van der Waals surface area contributed by atoms with E-state index >= 15 is 4.39 Å². The normalized spacial score (nSPS) is 15.8. The molecule has 32 heavy (non-hydrogen) atoms. The Morgan fingerprint density at radius 2 is 1.84 bits per heavy atom. The summed E-state index contributed by atoms with van der Waals surface area (Å²) in [4.78, 5) is 16.1. The third kappa shape index (κ3) is 4.10. The van der Waals surface area contributed by atoms with E-state index in [4.69, 9.17) is 4.74 Å². The standard InChI is InChI=1S/C23H22F2N2O4S/c1-14-11-21(26-22-12-15(23(28)31-2)3-5-18(14)22)19-6-4-17(13-20(19)25)32(29,30)27-9-7-16(24)8-10-27/h3-6,11-13,16H,7-10H2,1-2H3. The number of alkyl halides is 1. The average Bonchev–Trinajstić information content (AvgIpc) is 2.78. The number of sulfonamides is 1. The number of aromatic nitrogens is 1. The first-order chi connectivity index (χ1) is 15.2. The zero-order valence-corrected chi connectivity index (χ0v) is 18.5. The second-order valence-corrected chi connectivity index (χ2v) is 9.71. The van der Waals surface area contributed by atoms with Crippen LogP contribution >= 0.6 is 0 Å². The molecular weight excluding hydrogens is 438 g/mol. The Morgan fingerprint density at radius 3 is 2.50 bits per heavy atom. The summed E-state index contributed by atoms with van der Waals surface area (Å²) in [6.07, 6.45) is -0.746. The van der Waals surface area contributed by atoms with E-state index in [9.17, 15) is 17.6 Å². The van der Waals surface area contributed by atoms with Crippen LogP contribution < -0.4 is 0 Å². The van der Waals surface area contributed by atoms with Crippen molar-refractivity contribution in [2.24, 2.45) is 0 Å². The number of pyridine rings is 1. The molecule has 2 aromatic carbocycles. The van der Waals surface area contributed by atoms with Crippen LogP contribution in [0.5, 0.6) is 0 Å². The van der Waals surface area contributed by atoms with Gasteiger partial charge in [-0.1, -0.05) is 6.07 Å². The lowest BCUT2D eigenvalue weighted by Crippen LogP contribution is -2.39. The smallest absolute Gasteiger partial charge is 0.337 e. The molecule has 0 bridgehead atoms. The molecule has 0 amide bonds. The highest BCUT2D eigenvalue weighted by Gasteiger charge is 2.30. The number of methoxy groups -OCH3 is 1. The molecule has 0 radical (unpaired) electrons. The number of carbonyl (C=O) groups excluding carboxylic acids is 1. The summed E-state index contributed by atoms with van der Waals surface area (Å²) in [6, 6.07) is 10.3. The highest BCUT2D eigenvalue weighted by Crippen LogP contribution is 2.30. The van der Waals surface area contributed by atoms with Crippen molar-refractivity contribution in [1.29, 1.82) is 0 Å². The number of rotatable bonds is 4. The van der Waals surface area contributed by atoms with Crippen LogP contribution in [0.15, 0.2) is 47.4 Å². The van der Waals surface area contributed by atoms with E-state index in [0.29, 0.717) is 16.8 Å². The zero-order valence-electron chi connectivity index (χ0n) is 17.6. The minimum Gasteiger partial charge on any atom is -0.465 e. The van der Waals surface area contributed by atoms with Crippen molar-refractivity contribution in [1.82, 2.24) is 9.29 Å². The maximum Gasteiger partial charge on any atom is 0.337 e. The fourth-order valence-corrected chi connectivity index (χ4v) is 5.35. The lowest BCUT2D eigenvalue weighted by molar-refractivity contribution is 0.0601. The molecule has 6 nitrogen and oxygen atoms in total. The second-order valence-electron chi connectivity index (χ2n) is 7.77. The highest BCUT2D eigenvalue weighted by atomic mass is 32.2. The van der Waals surface area contributed by atoms with Gasteiger partial charge in [-0.25, -0.2) is 27.0 Å². The first-order valence-electron chi connectivity index (χ1n) is 10.1. The summed E-state index contributed by atoms with van der Waals surface area (Å²) >= 11 is 0. The Labute approximate surface area is 184 Å². The van der Waals surface area contributed by atoms with Crippen LogP contribution in [0.1, 0.15) is 28.8 Å². The number of aryl methyl sites for hydroxylation is 1. The zero-order chi connectivity index (χ0) is 23.0. The van der Waals surface area contributed by atoms with Gasteiger partial charge < -0.3 is 4.74 Å². The van der Waals surface area contributed by atoms with E-state index in [0.717, 1.165) is 17.0 Å². The summed E-state index contributed by atoms with van der Waals surface area (Å²) in [7, 11) is -2.63. The molecule has 3 aromatic rings. The van der Waals surface area contributed by atoms with Gasteiger partial charge in [-0.15, -0.1) is 0 Å². The number of nitrogens with zero attached hydrogens (tertiary/aromatic N) is 2. The van der Waals surface area contributed by atoms with Crippen molar-refractivity contribution in [2.45, 2.75) is 30.8 Å². The Balaban J connectivity index is 1.72. The monoisotopic (exact) mass is 460 g/mol. The Kier molecular flexibility index (Phi) is 5.96. The Morgan fingerprint density at radius 1 is 1.12 bits per heavy atom. The first kappa shape index (κ1) is 22.3. The molecule has 0 saturated carbocycles. The molecule has 0 unspecified atom stereocenters. The fourth-order valence-electron chi connectivity index (χ4n) is 3.86. The van der Waals surface area contributed by atoms with Crippen molar-refractivity contribution in [3.8, 4) is 11.3 Å². The molecule has 1 aliphatic heterocycles. The minimum atomic E-state index is -3.91. The molecule has 168 valence electrons. The number of hydrogen-bond acceptors (Lipinski definition) is 5. The van der Waals surface area contributed by atoms with Crippen LogP contribution in [0.4, 0.5) is 8.78 Å². The quantitative estimate of drug-likeness (QED) is 0.544. The lowest BCUT2D eigenvalue weighted by Gasteiger charge is -2.27. The molecule has 0 N–H and O–H groups in total. The van der Waals surface area contributed by atoms with E-state index < -0.39 is 28.0 Å². The summed E-state index contributed by atoms with van der Waals surface area (Å²) in [5.41, 5.74) is 2.10. The Hall–Kier alpha value is -2.91. The molecular formula is C23H22F2N2O4S. The predicted molar refractivity (Wildman–Crippen MR) is 116 cm³/mol. The van der Waals surface area contributed by atoms with Gasteiger partial charge in [0.2, 0.25) is 10.0 Å². The molecule has 2 heterocycles. The average molecular weight is 461 g/mol. The van der Waals surface area contributed by atoms with Crippen LogP contribution in [0.2, 0.25) is 0 Å². The van der Waals surface area contributed by atoms with Gasteiger partial charge in [0.05, 0.1) is 28.8 Å². The molecule has 0 atom stereocenters. The topological polar surface area (TPSA) is 76.6 Å². The van der Waals surface area contributed by atoms with Crippen LogP contribution in [-0.4, -0.2) is 50.0 Å². The van der Waals surface area contributed by atoms with Crippen LogP contribution in [0.3, 0.4) is 0 Å². The van der Waals surface area contributed by atoms with Crippen LogP contribution in [-0.2, 0) is 14.8 Å². The number of carbonyl (C=O) groups is 1. The molecule has 1 aromatic heterocycles. The number of halogens is 2. The van der Waals surface area contributed by atoms with E-state index in [2.05, 4.69) is 4.98 Å². The summed E-state index contributed by atoms with van der Waals surface area (Å²) < 4.78 is 60.0. The van der Waals surface area contributed by atoms with Crippen LogP contribution in [0.25, 0.3) is 22.2 Å². The molecule has 9 heteroatoms. The van der Waals surface area contributed by atoms with Gasteiger partial charge in [0.15, 0.2) is 0 Å². The summed E-state index contributed by atoms with van der Waals surface area (Å²) in [6.45, 7) is 1.98. The first-order valence-corrected chi connectivity index (χ1v) is 11.6. The van der Waals surface area contributed by atoms with Crippen molar-refractivity contribution >= 4 is 26.9 Å². The number of ether oxygens (including phenoxy) is 1. The molecule has 1 saturated heterocycles. The van der Waals surface area contributed by atoms with Gasteiger partial charge in [0, 0.05) is 24.0 Å². The van der Waals surface area contributed by atoms with E-state index in [1.54, 1.807) is 24.3 Å². The number of hydrogen-bond donors (Lipinski definition) is 0. The molecule has 1 aliphatic rings. The van der Waals surface area contributed by atoms with Crippen molar-refractivity contribution in [2.75, 3.05) is 20.2 Å². The van der Waals surface area contributed by atoms with Gasteiger partial charge in [0.25, 0.3) is 0 Å². The maximum atomic E-state index is 15.0. The number of esters is 1. The van der Waals surface area contributed by atoms with Gasteiger partial charge in [0.1, 0.15) is 12.0 Å². The second kappa shape index (κ2) is 8.55. The number of piperidine rings is 1. The van der Waals surface area contributed by atoms with Gasteiger partial charge in [-0.2, -0.15) is 4.31 Å². The van der Waals surface area contributed by atoms with Crippen LogP contribution in [0, 0.1) is 12.7 Å². The van der Waals surface area contributed by atoms with Gasteiger partial charge in [-0.05, 0) is 61.7 Å². The fraction of sp³-hybridized carbons (Fsp3) is 0.304. The highest BCUT2D eigenvalue weighted by molar-refractivity contribution is 7.89. The third-order valence-corrected chi connectivity index (χ3v) is 7.57. The SMILES string of the molecule is COC(=O)c1ccc2c(C)cc(-c3ccc(S(=O)(=O)N4CCC(F)CC4)cc3F)nc2c1. The summed E-state index contributed by atoms with van der Waals surface area (Å²) in [5.74, 6) is -1.24. The molecule has 0 aliphatic carbocycles. The van der Waals surface area contributed by atoms with Crippen molar-refractivity contribution < 1.29 is 26.7 Å². The molecule has 1 fully saturated rings. The van der Waals surface area contributed by atoms with Crippen molar-refractivity contribution in [3.63, 3.8) is 0 Å². The van der Waals surface area contributed by atoms with Crippen molar-refractivity contribution in [3.05, 3.63) is 59.4 Å². The van der Waals surface area contributed by atoms with E-state index in [-0.39, 0.29) is 36.4 Å². The maximum absolute atomic E-state index is 15.0. The Bertz CT molecular complexity index is 1300. The minimum absolute atomic E-state index is 0.0703. The molecule has 4 rings (SSSR count). The summed E-state index contributed by atoms with van der Waals surface area (Å²) in [5, 5.41) is 0.803. The third-order valence-electron chi connectivity index (χ3n) is 5.68. The number of benzene rings is 2. The van der Waals surface area contributed by atoms with E-state index in [1.807, 2.05) is 6.92 Å². The van der Waals surface area contributed by atoms with Gasteiger partial charge in [-0.3, -0.25) is 0 Å². The van der Waals surface area contributed by atoms with Gasteiger partial charge >= 0.3 is 5.97 Å². The molecule has 0 spiro atoms. The number of fused-ring (bicyclic) bond motifs is 1. The predicted octanol–water partition coefficient (Wildman–Crippen LogP) is 4.26. The lowest BCUT2D eigenvalue weighted by atomic mass is 10.0.